The number of aryl methyl sites for hydroxylation is 1. The largest absolute Gasteiger partial charge is 0.387 e. The van der Waals surface area contributed by atoms with Gasteiger partial charge in [-0.2, -0.15) is 0 Å². The lowest BCUT2D eigenvalue weighted by molar-refractivity contribution is -0.221. The minimum atomic E-state index is -4.31. The van der Waals surface area contributed by atoms with Gasteiger partial charge in [0.25, 0.3) is 21.8 Å². The zero-order chi connectivity index (χ0) is 33.0. The molecule has 0 aliphatic carbocycles. The number of aliphatic hydroxyl groups is 1. The monoisotopic (exact) mass is 647 g/mol. The van der Waals surface area contributed by atoms with E-state index in [1.807, 2.05) is 77.2 Å². The van der Waals surface area contributed by atoms with Crippen molar-refractivity contribution < 1.29 is 27.5 Å². The van der Waals surface area contributed by atoms with Gasteiger partial charge >= 0.3 is 0 Å². The van der Waals surface area contributed by atoms with Crippen LogP contribution >= 0.6 is 0 Å². The highest BCUT2D eigenvalue weighted by molar-refractivity contribution is 7.92. The number of benzene rings is 3. The van der Waals surface area contributed by atoms with Crippen LogP contribution in [-0.2, 0) is 29.5 Å². The van der Waals surface area contributed by atoms with E-state index in [1.165, 1.54) is 35.3 Å². The third-order valence-corrected chi connectivity index (χ3v) is 16.7. The van der Waals surface area contributed by atoms with Crippen molar-refractivity contribution in [3.8, 4) is 0 Å². The van der Waals surface area contributed by atoms with E-state index >= 15 is 0 Å². The number of amides is 2. The Morgan fingerprint density at radius 2 is 1.49 bits per heavy atom. The summed E-state index contributed by atoms with van der Waals surface area (Å²) in [6.45, 7) is 13.4. The lowest BCUT2D eigenvalue weighted by Gasteiger charge is -2.55. The highest BCUT2D eigenvalue weighted by Crippen LogP contribution is 2.64. The molecule has 2 amide bonds. The second-order valence-electron chi connectivity index (χ2n) is 14.2. The van der Waals surface area contributed by atoms with Crippen LogP contribution in [0.5, 0.6) is 0 Å². The van der Waals surface area contributed by atoms with Crippen molar-refractivity contribution in [3.63, 3.8) is 0 Å². The van der Waals surface area contributed by atoms with Crippen LogP contribution in [0.4, 0.5) is 5.69 Å². The van der Waals surface area contributed by atoms with E-state index in [0.29, 0.717) is 11.3 Å². The number of anilines is 1. The Labute approximate surface area is 266 Å². The third-order valence-electron chi connectivity index (χ3n) is 10.4. The highest BCUT2D eigenvalue weighted by Gasteiger charge is 2.77. The van der Waals surface area contributed by atoms with Crippen LogP contribution in [0.3, 0.4) is 0 Å². The fraction of sp³-hybridized carbons (Fsp3) is 0.412. The number of nitrogens with zero attached hydrogens (tertiary/aromatic N) is 3. The Morgan fingerprint density at radius 1 is 0.911 bits per heavy atom. The zero-order valence-electron chi connectivity index (χ0n) is 27.0. The zero-order valence-corrected chi connectivity index (χ0v) is 28.8. The fourth-order valence-corrected chi connectivity index (χ4v) is 9.99. The summed E-state index contributed by atoms with van der Waals surface area (Å²) in [6.07, 6.45) is -1.30. The maximum Gasteiger partial charge on any atom is 0.280 e. The SMILES string of the molecule is Cc1ccc([C@]23C[C@@]4(O[Si](C)(C)C(C)(C)C)C(=O)N(C)[C@](C)(O)C(=O)N4[C@H]2N(S(=O)(=O)c2ccccc2)c2ccccc23)cc1. The third kappa shape index (κ3) is 4.13. The number of likely N-dealkylation sites (N-methyl/N-ethyl adjacent to an activating group) is 1. The Kier molecular flexibility index (Phi) is 6.81. The van der Waals surface area contributed by atoms with Gasteiger partial charge in [-0.25, -0.2) is 12.7 Å². The van der Waals surface area contributed by atoms with Crippen LogP contribution < -0.4 is 4.31 Å². The average Bonchev–Trinajstić information content (AvgIpc) is 3.43. The molecule has 0 bridgehead atoms. The summed E-state index contributed by atoms with van der Waals surface area (Å²) in [5.74, 6) is -1.39. The molecule has 0 radical (unpaired) electrons. The summed E-state index contributed by atoms with van der Waals surface area (Å²) in [7, 11) is -5.76. The molecule has 3 heterocycles. The number of rotatable bonds is 5. The topological polar surface area (TPSA) is 107 Å². The summed E-state index contributed by atoms with van der Waals surface area (Å²) in [5.41, 5.74) is -2.56. The Morgan fingerprint density at radius 3 is 2.09 bits per heavy atom. The average molecular weight is 648 g/mol. The summed E-state index contributed by atoms with van der Waals surface area (Å²) >= 11 is 0. The first-order valence-electron chi connectivity index (χ1n) is 15.1. The van der Waals surface area contributed by atoms with Gasteiger partial charge in [-0.3, -0.25) is 14.5 Å². The van der Waals surface area contributed by atoms with Crippen LogP contribution in [0.15, 0.2) is 83.8 Å². The van der Waals surface area contributed by atoms with Crippen LogP contribution in [0.25, 0.3) is 0 Å². The van der Waals surface area contributed by atoms with Crippen molar-refractivity contribution in [1.29, 1.82) is 0 Å². The summed E-state index contributed by atoms with van der Waals surface area (Å²) in [4.78, 5) is 31.9. The molecule has 2 fully saturated rings. The van der Waals surface area contributed by atoms with Crippen molar-refractivity contribution >= 4 is 35.8 Å². The summed E-state index contributed by atoms with van der Waals surface area (Å²) in [6, 6.07) is 23.1. The lowest BCUT2D eigenvalue weighted by Crippen LogP contribution is -2.78. The molecule has 0 unspecified atom stereocenters. The first kappa shape index (κ1) is 31.5. The van der Waals surface area contributed by atoms with Crippen molar-refractivity contribution in [2.75, 3.05) is 11.4 Å². The van der Waals surface area contributed by atoms with Crippen molar-refractivity contribution in [3.05, 3.63) is 95.6 Å². The number of hydrogen-bond acceptors (Lipinski definition) is 6. The molecule has 3 aliphatic heterocycles. The van der Waals surface area contributed by atoms with Crippen LogP contribution in [0.2, 0.25) is 18.1 Å². The van der Waals surface area contributed by atoms with Gasteiger partial charge in [-0.15, -0.1) is 0 Å². The van der Waals surface area contributed by atoms with Crippen molar-refractivity contribution in [2.24, 2.45) is 0 Å². The standard InChI is InChI=1S/C34H41N3O6SSi/c1-23-18-20-24(21-19-23)33-22-34(43-45(7,8)31(2,3)4)30(39)35(6)32(5,40)29(38)36(34)28(33)37(27-17-13-12-16-26(27)33)44(41,42)25-14-10-9-11-15-25/h9-21,28,40H,22H2,1-8H3/t28-,32+,33-,34+/m0/s1. The second-order valence-corrected chi connectivity index (χ2v) is 20.8. The molecule has 3 aliphatic rings. The minimum absolute atomic E-state index is 0.0386. The number of carbonyl (C=O) groups is 2. The predicted molar refractivity (Wildman–Crippen MR) is 174 cm³/mol. The van der Waals surface area contributed by atoms with E-state index in [1.54, 1.807) is 30.3 Å². The van der Waals surface area contributed by atoms with Gasteiger partial charge in [0, 0.05) is 13.5 Å². The molecule has 3 aromatic rings. The van der Waals surface area contributed by atoms with E-state index < -0.39 is 53.2 Å². The molecule has 11 heteroatoms. The number of para-hydroxylation sites is 1. The molecule has 45 heavy (non-hydrogen) atoms. The van der Waals surface area contributed by atoms with E-state index in [4.69, 9.17) is 4.43 Å². The van der Waals surface area contributed by atoms with Gasteiger partial charge in [-0.05, 0) is 61.3 Å². The summed E-state index contributed by atoms with van der Waals surface area (Å²) in [5, 5.41) is 11.3. The molecule has 6 rings (SSSR count). The molecule has 3 aromatic carbocycles. The van der Waals surface area contributed by atoms with Gasteiger partial charge < -0.3 is 14.4 Å². The van der Waals surface area contributed by atoms with Crippen LogP contribution in [0, 0.1) is 6.92 Å². The normalized spacial score (nSPS) is 28.3. The smallest absolute Gasteiger partial charge is 0.280 e. The van der Waals surface area contributed by atoms with Gasteiger partial charge in [-0.1, -0.05) is 87.0 Å². The molecule has 0 spiro atoms. The lowest BCUT2D eigenvalue weighted by atomic mass is 9.71. The number of fused-ring (bicyclic) bond motifs is 5. The quantitative estimate of drug-likeness (QED) is 0.393. The predicted octanol–water partition coefficient (Wildman–Crippen LogP) is 4.95. The minimum Gasteiger partial charge on any atom is -0.387 e. The number of hydrogen-bond donors (Lipinski definition) is 1. The molecule has 0 aromatic heterocycles. The summed E-state index contributed by atoms with van der Waals surface area (Å²) < 4.78 is 38.0. The van der Waals surface area contributed by atoms with Gasteiger partial charge in [0.15, 0.2) is 8.32 Å². The Hall–Kier alpha value is -3.51. The van der Waals surface area contributed by atoms with Gasteiger partial charge in [0.1, 0.15) is 6.17 Å². The van der Waals surface area contributed by atoms with E-state index in [-0.39, 0.29) is 16.4 Å². The maximum atomic E-state index is 14.8. The van der Waals surface area contributed by atoms with Gasteiger partial charge in [0.05, 0.1) is 16.0 Å². The Bertz CT molecular complexity index is 1810. The number of carbonyl (C=O) groups excluding carboxylic acids is 2. The van der Waals surface area contributed by atoms with Crippen LogP contribution in [-0.4, -0.2) is 68.1 Å². The molecular weight excluding hydrogens is 607 g/mol. The molecule has 4 atom stereocenters. The highest BCUT2D eigenvalue weighted by atomic mass is 32.2. The second kappa shape index (κ2) is 9.74. The van der Waals surface area contributed by atoms with Crippen molar-refractivity contribution in [1.82, 2.24) is 9.80 Å². The van der Waals surface area contributed by atoms with Crippen LogP contribution in [0.1, 0.15) is 50.8 Å². The van der Waals surface area contributed by atoms with Crippen molar-refractivity contribution in [2.45, 2.75) is 87.1 Å². The molecular formula is C34H41N3O6SSi. The first-order chi connectivity index (χ1) is 20.8. The number of sulfonamides is 1. The van der Waals surface area contributed by atoms with E-state index in [2.05, 4.69) is 0 Å². The van der Waals surface area contributed by atoms with Gasteiger partial charge in [0.2, 0.25) is 11.4 Å². The first-order valence-corrected chi connectivity index (χ1v) is 19.5. The fourth-order valence-electron chi connectivity index (χ4n) is 6.90. The molecule has 0 saturated carbocycles. The van der Waals surface area contributed by atoms with E-state index in [0.717, 1.165) is 16.0 Å². The molecule has 238 valence electrons. The maximum absolute atomic E-state index is 14.8. The molecule has 2 saturated heterocycles. The van der Waals surface area contributed by atoms with E-state index in [9.17, 15) is 23.1 Å². The number of piperazine rings is 1. The molecule has 9 nitrogen and oxygen atoms in total. The molecule has 1 N–H and O–H groups in total. The Balaban J connectivity index is 1.75.